The van der Waals surface area contributed by atoms with Crippen LogP contribution in [0.15, 0.2) is 24.3 Å². The molecule has 10 heteroatoms. The molecule has 0 aromatic heterocycles. The minimum absolute atomic E-state index is 0.0700. The van der Waals surface area contributed by atoms with Crippen molar-refractivity contribution in [2.45, 2.75) is 12.0 Å². The van der Waals surface area contributed by atoms with E-state index in [1.54, 1.807) is 0 Å². The number of anilines is 1. The number of carbonyl (C=O) groups is 1. The quantitative estimate of drug-likeness (QED) is 0.668. The first-order valence-corrected chi connectivity index (χ1v) is 7.23. The third-order valence-corrected chi connectivity index (χ3v) is 4.26. The molecule has 0 saturated carbocycles. The fourth-order valence-corrected chi connectivity index (χ4v) is 3.23. The van der Waals surface area contributed by atoms with Crippen molar-refractivity contribution in [3.8, 4) is 11.5 Å². The number of hydrogen-bond donors (Lipinski definition) is 3. The molecule has 0 aliphatic carbocycles. The molecule has 2 aliphatic rings. The van der Waals surface area contributed by atoms with Crippen molar-refractivity contribution in [1.82, 2.24) is 5.32 Å². The van der Waals surface area contributed by atoms with E-state index < -0.39 is 40.8 Å². The van der Waals surface area contributed by atoms with Gasteiger partial charge in [0.2, 0.25) is 0 Å². The van der Waals surface area contributed by atoms with E-state index in [0.717, 1.165) is 18.2 Å². The van der Waals surface area contributed by atoms with Crippen LogP contribution in [0.25, 0.3) is 0 Å². The molecule has 2 heterocycles. The van der Waals surface area contributed by atoms with Crippen molar-refractivity contribution < 1.29 is 32.5 Å². The topological polar surface area (TPSA) is 93.8 Å². The first kappa shape index (κ1) is 15.9. The van der Waals surface area contributed by atoms with Crippen LogP contribution >= 0.6 is 11.6 Å². The highest BCUT2D eigenvalue weighted by molar-refractivity contribution is 6.31. The number of amides is 1. The summed E-state index contributed by atoms with van der Waals surface area (Å²) in [5, 5.41) is 13.1. The minimum Gasteiger partial charge on any atom is -0.398 e. The first-order valence-electron chi connectivity index (χ1n) is 6.85. The average molecular weight is 373 g/mol. The predicted octanol–water partition coefficient (Wildman–Crippen LogP) is 2.32. The number of nitrogens with one attached hydrogen (secondary N) is 1. The standard InChI is InChI=1S/C15H8ClF3N2O4/c16-7-2-1-5(17)3-6(7)14(23)11-8(20)4-9-12(10(11)13(22)21-14)25-15(18,19)24-9/h1-4,23H,20H2,(H,21,22). The molecule has 0 bridgehead atoms. The van der Waals surface area contributed by atoms with Gasteiger partial charge in [-0.1, -0.05) is 11.6 Å². The molecule has 2 aromatic carbocycles. The van der Waals surface area contributed by atoms with E-state index in [4.69, 9.17) is 17.3 Å². The van der Waals surface area contributed by atoms with Gasteiger partial charge in [-0.2, -0.15) is 0 Å². The highest BCUT2D eigenvalue weighted by Crippen LogP contribution is 2.52. The Labute approximate surface area is 142 Å². The molecule has 1 atom stereocenters. The van der Waals surface area contributed by atoms with Gasteiger partial charge in [-0.15, -0.1) is 8.78 Å². The normalized spacial score (nSPS) is 22.7. The van der Waals surface area contributed by atoms with Gasteiger partial charge in [-0.05, 0) is 18.2 Å². The summed E-state index contributed by atoms with van der Waals surface area (Å²) in [6.07, 6.45) is -3.98. The average Bonchev–Trinajstić information content (AvgIpc) is 2.95. The SMILES string of the molecule is Nc1cc2c(c3c1C(O)(c1cc(F)ccc1Cl)NC3=O)OC(F)(F)O2. The van der Waals surface area contributed by atoms with Crippen LogP contribution in [0.2, 0.25) is 5.02 Å². The number of benzene rings is 2. The zero-order valence-corrected chi connectivity index (χ0v) is 12.8. The van der Waals surface area contributed by atoms with Crippen LogP contribution in [-0.4, -0.2) is 17.3 Å². The zero-order valence-electron chi connectivity index (χ0n) is 12.1. The Hall–Kier alpha value is -2.65. The van der Waals surface area contributed by atoms with Crippen LogP contribution in [0, 0.1) is 5.82 Å². The number of halogens is 4. The maximum absolute atomic E-state index is 13.6. The Kier molecular flexibility index (Phi) is 2.98. The Balaban J connectivity index is 2.00. The largest absolute Gasteiger partial charge is 0.586 e. The summed E-state index contributed by atoms with van der Waals surface area (Å²) in [4.78, 5) is 12.3. The van der Waals surface area contributed by atoms with Gasteiger partial charge < -0.3 is 25.6 Å². The van der Waals surface area contributed by atoms with Gasteiger partial charge in [0.1, 0.15) is 5.82 Å². The van der Waals surface area contributed by atoms with Crippen LogP contribution in [-0.2, 0) is 5.72 Å². The summed E-state index contributed by atoms with van der Waals surface area (Å²) in [6, 6.07) is 4.10. The molecule has 0 spiro atoms. The number of nitrogen functional groups attached to an aromatic ring is 1. The summed E-state index contributed by atoms with van der Waals surface area (Å²) in [5.74, 6) is -2.72. The number of alkyl halides is 2. The van der Waals surface area contributed by atoms with Crippen molar-refractivity contribution >= 4 is 23.2 Å². The summed E-state index contributed by atoms with van der Waals surface area (Å²) in [7, 11) is 0. The monoisotopic (exact) mass is 372 g/mol. The molecule has 2 aliphatic heterocycles. The predicted molar refractivity (Wildman–Crippen MR) is 78.9 cm³/mol. The van der Waals surface area contributed by atoms with Gasteiger partial charge >= 0.3 is 6.29 Å². The van der Waals surface area contributed by atoms with Gasteiger partial charge in [0, 0.05) is 27.9 Å². The molecule has 2 aromatic rings. The van der Waals surface area contributed by atoms with Crippen LogP contribution < -0.4 is 20.5 Å². The maximum atomic E-state index is 13.6. The molecule has 0 saturated heterocycles. The molecule has 25 heavy (non-hydrogen) atoms. The molecule has 0 fully saturated rings. The Morgan fingerprint density at radius 2 is 1.96 bits per heavy atom. The molecule has 0 radical (unpaired) electrons. The Morgan fingerprint density at radius 3 is 2.68 bits per heavy atom. The van der Waals surface area contributed by atoms with E-state index in [1.165, 1.54) is 6.07 Å². The van der Waals surface area contributed by atoms with Gasteiger partial charge in [-0.3, -0.25) is 4.79 Å². The van der Waals surface area contributed by atoms with E-state index in [9.17, 15) is 23.1 Å². The van der Waals surface area contributed by atoms with Crippen LogP contribution in [0.4, 0.5) is 18.9 Å². The van der Waals surface area contributed by atoms with Crippen molar-refractivity contribution in [2.75, 3.05) is 5.73 Å². The fourth-order valence-electron chi connectivity index (χ4n) is 2.98. The first-order chi connectivity index (χ1) is 11.6. The molecule has 1 amide bonds. The van der Waals surface area contributed by atoms with Crippen molar-refractivity contribution in [3.63, 3.8) is 0 Å². The van der Waals surface area contributed by atoms with Crippen molar-refractivity contribution in [3.05, 3.63) is 51.8 Å². The van der Waals surface area contributed by atoms with Gasteiger partial charge in [0.05, 0.1) is 5.56 Å². The molecule has 4 rings (SSSR count). The maximum Gasteiger partial charge on any atom is 0.586 e. The molecule has 4 N–H and O–H groups in total. The van der Waals surface area contributed by atoms with Crippen molar-refractivity contribution in [1.29, 1.82) is 0 Å². The lowest BCUT2D eigenvalue weighted by molar-refractivity contribution is -0.286. The Morgan fingerprint density at radius 1 is 1.24 bits per heavy atom. The lowest BCUT2D eigenvalue weighted by atomic mass is 9.92. The second-order valence-electron chi connectivity index (χ2n) is 5.50. The molecule has 6 nitrogen and oxygen atoms in total. The van der Waals surface area contributed by atoms with E-state index in [2.05, 4.69) is 14.8 Å². The number of rotatable bonds is 1. The smallest absolute Gasteiger partial charge is 0.398 e. The van der Waals surface area contributed by atoms with E-state index >= 15 is 0 Å². The van der Waals surface area contributed by atoms with Crippen molar-refractivity contribution in [2.24, 2.45) is 0 Å². The lowest BCUT2D eigenvalue weighted by Crippen LogP contribution is -2.41. The summed E-state index contributed by atoms with van der Waals surface area (Å²) < 4.78 is 48.9. The summed E-state index contributed by atoms with van der Waals surface area (Å²) >= 11 is 6.00. The number of ether oxygens (including phenoxy) is 2. The molecular formula is C15H8ClF3N2O4. The minimum atomic E-state index is -3.98. The highest BCUT2D eigenvalue weighted by atomic mass is 35.5. The molecular weight excluding hydrogens is 365 g/mol. The van der Waals surface area contributed by atoms with Gasteiger partial charge in [-0.25, -0.2) is 4.39 Å². The molecule has 130 valence electrons. The highest BCUT2D eigenvalue weighted by Gasteiger charge is 2.53. The van der Waals surface area contributed by atoms with E-state index in [0.29, 0.717) is 0 Å². The number of nitrogens with two attached hydrogens (primary N) is 1. The number of fused-ring (bicyclic) bond motifs is 3. The third kappa shape index (κ3) is 2.12. The molecule has 1 unspecified atom stereocenters. The van der Waals surface area contributed by atoms with Gasteiger partial charge in [0.25, 0.3) is 5.91 Å². The second kappa shape index (κ2) is 4.70. The zero-order chi connectivity index (χ0) is 18.1. The second-order valence-corrected chi connectivity index (χ2v) is 5.91. The number of carbonyl (C=O) groups excluding carboxylic acids is 1. The Bertz CT molecular complexity index is 953. The van der Waals surface area contributed by atoms with Crippen LogP contribution in [0.3, 0.4) is 0 Å². The van der Waals surface area contributed by atoms with Crippen LogP contribution in [0.5, 0.6) is 11.5 Å². The van der Waals surface area contributed by atoms with E-state index in [-0.39, 0.29) is 21.8 Å². The number of hydrogen-bond acceptors (Lipinski definition) is 5. The fraction of sp³-hybridized carbons (Fsp3) is 0.133. The van der Waals surface area contributed by atoms with Crippen LogP contribution in [0.1, 0.15) is 21.5 Å². The van der Waals surface area contributed by atoms with Gasteiger partial charge in [0.15, 0.2) is 17.2 Å². The number of aliphatic hydroxyl groups is 1. The summed E-state index contributed by atoms with van der Waals surface area (Å²) in [5.41, 5.74) is 2.34. The third-order valence-electron chi connectivity index (χ3n) is 3.93. The summed E-state index contributed by atoms with van der Waals surface area (Å²) in [6.45, 7) is 0. The van der Waals surface area contributed by atoms with E-state index in [1.807, 2.05) is 0 Å². The lowest BCUT2D eigenvalue weighted by Gasteiger charge is -2.26.